The number of rotatable bonds is 2. The minimum absolute atomic E-state index is 0.0124. The van der Waals surface area contributed by atoms with Crippen molar-refractivity contribution in [2.75, 3.05) is 6.61 Å². The number of halogens is 1. The summed E-state index contributed by atoms with van der Waals surface area (Å²) < 4.78 is 5.57. The molecule has 0 unspecified atom stereocenters. The maximum absolute atomic E-state index is 12.6. The van der Waals surface area contributed by atoms with Gasteiger partial charge in [-0.25, -0.2) is 0 Å². The minimum atomic E-state index is 0.0124. The van der Waals surface area contributed by atoms with Crippen molar-refractivity contribution < 1.29 is 9.53 Å². The van der Waals surface area contributed by atoms with Crippen molar-refractivity contribution in [3.05, 3.63) is 63.7 Å². The summed E-state index contributed by atoms with van der Waals surface area (Å²) in [5, 5.41) is 0.584. The van der Waals surface area contributed by atoms with Crippen LogP contribution in [0.25, 0.3) is 0 Å². The largest absolute Gasteiger partial charge is 0.493 e. The predicted molar refractivity (Wildman–Crippen MR) is 79.9 cm³/mol. The molecule has 1 heterocycles. The molecular weight excluding hydrogens is 272 g/mol. The summed E-state index contributed by atoms with van der Waals surface area (Å²) in [7, 11) is 0. The van der Waals surface area contributed by atoms with Gasteiger partial charge in [-0.15, -0.1) is 0 Å². The zero-order valence-corrected chi connectivity index (χ0v) is 12.0. The molecule has 0 amide bonds. The Labute approximate surface area is 123 Å². The van der Waals surface area contributed by atoms with Crippen LogP contribution in [0, 0.1) is 6.92 Å². The quantitative estimate of drug-likeness (QED) is 0.773. The highest BCUT2D eigenvalue weighted by molar-refractivity contribution is 6.31. The Bertz CT molecular complexity index is 677. The molecule has 0 aliphatic carbocycles. The van der Waals surface area contributed by atoms with Crippen LogP contribution in [-0.4, -0.2) is 12.4 Å². The number of benzene rings is 2. The molecule has 0 N–H and O–H groups in total. The molecule has 20 heavy (non-hydrogen) atoms. The smallest absolute Gasteiger partial charge is 0.193 e. The lowest BCUT2D eigenvalue weighted by Crippen LogP contribution is -2.10. The van der Waals surface area contributed by atoms with Crippen molar-refractivity contribution in [3.63, 3.8) is 0 Å². The van der Waals surface area contributed by atoms with Crippen molar-refractivity contribution in [1.29, 1.82) is 0 Å². The second-order valence-corrected chi connectivity index (χ2v) is 5.50. The second-order valence-electron chi connectivity index (χ2n) is 5.06. The van der Waals surface area contributed by atoms with Crippen molar-refractivity contribution >= 4 is 17.4 Å². The van der Waals surface area contributed by atoms with Crippen LogP contribution in [0.5, 0.6) is 5.75 Å². The lowest BCUT2D eigenvalue weighted by Gasteiger charge is -2.17. The Morgan fingerprint density at radius 2 is 2.05 bits per heavy atom. The highest BCUT2D eigenvalue weighted by Gasteiger charge is 2.16. The van der Waals surface area contributed by atoms with Crippen LogP contribution in [0.4, 0.5) is 0 Å². The fourth-order valence-corrected chi connectivity index (χ4v) is 2.67. The first kappa shape index (κ1) is 13.2. The van der Waals surface area contributed by atoms with E-state index in [9.17, 15) is 4.79 Å². The summed E-state index contributed by atoms with van der Waals surface area (Å²) in [6, 6.07) is 11.1. The topological polar surface area (TPSA) is 26.3 Å². The van der Waals surface area contributed by atoms with E-state index in [1.165, 1.54) is 0 Å². The molecule has 2 aromatic carbocycles. The molecule has 1 aliphatic heterocycles. The van der Waals surface area contributed by atoms with Gasteiger partial charge < -0.3 is 4.74 Å². The summed E-state index contributed by atoms with van der Waals surface area (Å²) in [4.78, 5) is 12.6. The monoisotopic (exact) mass is 286 g/mol. The highest BCUT2D eigenvalue weighted by Crippen LogP contribution is 2.27. The number of hydrogen-bond donors (Lipinski definition) is 0. The fourth-order valence-electron chi connectivity index (χ4n) is 2.50. The Morgan fingerprint density at radius 3 is 2.90 bits per heavy atom. The van der Waals surface area contributed by atoms with Gasteiger partial charge in [0, 0.05) is 16.1 Å². The molecule has 0 radical (unpaired) electrons. The van der Waals surface area contributed by atoms with E-state index in [0.717, 1.165) is 36.3 Å². The standard InChI is InChI=1S/C17H15ClO2/c1-11-4-6-14(18)10-15(11)17(19)13-5-7-16-12(9-13)3-2-8-20-16/h4-7,9-10H,2-3,8H2,1H3. The van der Waals surface area contributed by atoms with Crippen LogP contribution in [0.15, 0.2) is 36.4 Å². The number of aryl methyl sites for hydroxylation is 2. The molecule has 2 aromatic rings. The number of ether oxygens (including phenoxy) is 1. The third-order valence-electron chi connectivity index (χ3n) is 3.61. The minimum Gasteiger partial charge on any atom is -0.493 e. The first-order valence-corrected chi connectivity index (χ1v) is 7.09. The maximum atomic E-state index is 12.6. The molecule has 0 spiro atoms. The molecule has 3 heteroatoms. The van der Waals surface area contributed by atoms with Crippen molar-refractivity contribution in [2.24, 2.45) is 0 Å². The zero-order valence-electron chi connectivity index (χ0n) is 11.3. The molecule has 0 atom stereocenters. The normalized spacial score (nSPS) is 13.5. The van der Waals surface area contributed by atoms with E-state index in [0.29, 0.717) is 16.1 Å². The van der Waals surface area contributed by atoms with Gasteiger partial charge in [0.25, 0.3) is 0 Å². The highest BCUT2D eigenvalue weighted by atomic mass is 35.5. The van der Waals surface area contributed by atoms with E-state index in [-0.39, 0.29) is 5.78 Å². The van der Waals surface area contributed by atoms with Crippen LogP contribution in [0.1, 0.15) is 33.5 Å². The third kappa shape index (κ3) is 2.44. The van der Waals surface area contributed by atoms with Crippen LogP contribution < -0.4 is 4.74 Å². The molecule has 102 valence electrons. The second kappa shape index (κ2) is 5.29. The maximum Gasteiger partial charge on any atom is 0.193 e. The Hall–Kier alpha value is -1.80. The van der Waals surface area contributed by atoms with Gasteiger partial charge in [-0.05, 0) is 61.2 Å². The van der Waals surface area contributed by atoms with Gasteiger partial charge in [-0.2, -0.15) is 0 Å². The van der Waals surface area contributed by atoms with Gasteiger partial charge in [-0.1, -0.05) is 17.7 Å². The van der Waals surface area contributed by atoms with Gasteiger partial charge in [0.2, 0.25) is 0 Å². The summed E-state index contributed by atoms with van der Waals surface area (Å²) >= 11 is 5.99. The lowest BCUT2D eigenvalue weighted by molar-refractivity contribution is 0.103. The molecule has 0 saturated carbocycles. The first-order chi connectivity index (χ1) is 9.65. The van der Waals surface area contributed by atoms with E-state index in [1.54, 1.807) is 12.1 Å². The molecule has 3 rings (SSSR count). The Kier molecular flexibility index (Phi) is 3.49. The van der Waals surface area contributed by atoms with Gasteiger partial charge in [0.15, 0.2) is 5.78 Å². The van der Waals surface area contributed by atoms with Crippen LogP contribution in [-0.2, 0) is 6.42 Å². The average Bonchev–Trinajstić information content (AvgIpc) is 2.48. The van der Waals surface area contributed by atoms with Gasteiger partial charge in [0.1, 0.15) is 5.75 Å². The number of hydrogen-bond acceptors (Lipinski definition) is 2. The number of carbonyl (C=O) groups excluding carboxylic acids is 1. The molecule has 0 saturated heterocycles. The molecule has 1 aliphatic rings. The van der Waals surface area contributed by atoms with Gasteiger partial charge in [0.05, 0.1) is 6.61 Å². The number of ketones is 1. The molecule has 0 bridgehead atoms. The van der Waals surface area contributed by atoms with E-state index in [1.807, 2.05) is 31.2 Å². The van der Waals surface area contributed by atoms with Crippen molar-refractivity contribution in [3.8, 4) is 5.75 Å². The van der Waals surface area contributed by atoms with E-state index < -0.39 is 0 Å². The van der Waals surface area contributed by atoms with Gasteiger partial charge in [-0.3, -0.25) is 4.79 Å². The summed E-state index contributed by atoms with van der Waals surface area (Å²) in [6.45, 7) is 2.68. The van der Waals surface area contributed by atoms with E-state index >= 15 is 0 Å². The molecule has 0 aromatic heterocycles. The first-order valence-electron chi connectivity index (χ1n) is 6.72. The van der Waals surface area contributed by atoms with Crippen molar-refractivity contribution in [1.82, 2.24) is 0 Å². The van der Waals surface area contributed by atoms with Gasteiger partial charge >= 0.3 is 0 Å². The Balaban J connectivity index is 2.00. The molecule has 2 nitrogen and oxygen atoms in total. The van der Waals surface area contributed by atoms with E-state index in [2.05, 4.69) is 0 Å². The summed E-state index contributed by atoms with van der Waals surface area (Å²) in [6.07, 6.45) is 1.96. The SMILES string of the molecule is Cc1ccc(Cl)cc1C(=O)c1ccc2c(c1)CCCO2. The fraction of sp³-hybridized carbons (Fsp3) is 0.235. The van der Waals surface area contributed by atoms with E-state index in [4.69, 9.17) is 16.3 Å². The number of fused-ring (bicyclic) bond motifs is 1. The van der Waals surface area contributed by atoms with Crippen LogP contribution in [0.3, 0.4) is 0 Å². The summed E-state index contributed by atoms with van der Waals surface area (Å²) in [5.74, 6) is 0.911. The summed E-state index contributed by atoms with van der Waals surface area (Å²) in [5.41, 5.74) is 3.41. The van der Waals surface area contributed by atoms with Crippen LogP contribution >= 0.6 is 11.6 Å². The third-order valence-corrected chi connectivity index (χ3v) is 3.85. The molecule has 0 fully saturated rings. The lowest BCUT2D eigenvalue weighted by atomic mass is 9.96. The zero-order chi connectivity index (χ0) is 14.1. The average molecular weight is 287 g/mol. The van der Waals surface area contributed by atoms with Crippen LogP contribution in [0.2, 0.25) is 5.02 Å². The predicted octanol–water partition coefficient (Wildman–Crippen LogP) is 4.20. The molecular formula is C17H15ClO2. The number of carbonyl (C=O) groups is 1. The Morgan fingerprint density at radius 1 is 1.20 bits per heavy atom. The van der Waals surface area contributed by atoms with Crippen molar-refractivity contribution in [2.45, 2.75) is 19.8 Å².